The Bertz CT molecular complexity index is 550. The van der Waals surface area contributed by atoms with E-state index in [0.717, 1.165) is 5.57 Å². The number of nitrogens with zero attached hydrogens (tertiary/aromatic N) is 1. The third-order valence-corrected chi connectivity index (χ3v) is 2.80. The van der Waals surface area contributed by atoms with Gasteiger partial charge in [-0.3, -0.25) is 4.79 Å². The van der Waals surface area contributed by atoms with E-state index in [0.29, 0.717) is 24.6 Å². The Morgan fingerprint density at radius 2 is 2.26 bits per heavy atom. The molecule has 0 aliphatic carbocycles. The van der Waals surface area contributed by atoms with Crippen LogP contribution in [0.3, 0.4) is 0 Å². The average Bonchev–Trinajstić information content (AvgIpc) is 2.49. The van der Waals surface area contributed by atoms with Gasteiger partial charge in [0.25, 0.3) is 0 Å². The monoisotopic (exact) mass is 261 g/mol. The molecular weight excluding hydrogens is 246 g/mol. The number of aromatic carboxylic acids is 1. The van der Waals surface area contributed by atoms with E-state index in [-0.39, 0.29) is 17.9 Å². The van der Waals surface area contributed by atoms with Crippen LogP contribution in [0.25, 0.3) is 0 Å². The molecule has 1 aliphatic rings. The van der Waals surface area contributed by atoms with Crippen molar-refractivity contribution >= 4 is 17.6 Å². The lowest BCUT2D eigenvalue weighted by atomic mass is 10.1. The molecule has 0 atom stereocenters. The number of carboxylic acids is 1. The SMILES string of the molecule is C=C(C)CN1C(=O)CCOc2ccc(C(=O)O)cc21. The molecule has 0 fully saturated rings. The zero-order chi connectivity index (χ0) is 14.0. The zero-order valence-corrected chi connectivity index (χ0v) is 10.7. The predicted molar refractivity (Wildman–Crippen MR) is 70.7 cm³/mol. The van der Waals surface area contributed by atoms with Gasteiger partial charge in [0.1, 0.15) is 5.75 Å². The number of carbonyl (C=O) groups excluding carboxylic acids is 1. The van der Waals surface area contributed by atoms with Crippen molar-refractivity contribution in [2.24, 2.45) is 0 Å². The Balaban J connectivity index is 2.49. The van der Waals surface area contributed by atoms with Crippen LogP contribution in [0.2, 0.25) is 0 Å². The highest BCUT2D eigenvalue weighted by Gasteiger charge is 2.24. The quantitative estimate of drug-likeness (QED) is 0.846. The first-order valence-electron chi connectivity index (χ1n) is 5.94. The number of ether oxygens (including phenoxy) is 1. The minimum atomic E-state index is -1.03. The van der Waals surface area contributed by atoms with Crippen molar-refractivity contribution in [1.82, 2.24) is 0 Å². The fourth-order valence-electron chi connectivity index (χ4n) is 1.94. The molecule has 100 valence electrons. The molecule has 1 aromatic carbocycles. The molecule has 0 bridgehead atoms. The summed E-state index contributed by atoms with van der Waals surface area (Å²) in [5.74, 6) is -0.601. The van der Waals surface area contributed by atoms with E-state index in [4.69, 9.17) is 9.84 Å². The highest BCUT2D eigenvalue weighted by Crippen LogP contribution is 2.32. The maximum atomic E-state index is 12.1. The summed E-state index contributed by atoms with van der Waals surface area (Å²) in [5, 5.41) is 9.03. The number of rotatable bonds is 3. The van der Waals surface area contributed by atoms with Crippen molar-refractivity contribution in [3.63, 3.8) is 0 Å². The van der Waals surface area contributed by atoms with Gasteiger partial charge in [-0.05, 0) is 25.1 Å². The first-order valence-corrected chi connectivity index (χ1v) is 5.94. The van der Waals surface area contributed by atoms with E-state index >= 15 is 0 Å². The third-order valence-electron chi connectivity index (χ3n) is 2.80. The van der Waals surface area contributed by atoms with Crippen LogP contribution in [0.15, 0.2) is 30.4 Å². The first-order chi connectivity index (χ1) is 8.99. The summed E-state index contributed by atoms with van der Waals surface area (Å²) in [6.45, 7) is 6.27. The Morgan fingerprint density at radius 1 is 1.53 bits per heavy atom. The Hall–Kier alpha value is -2.30. The topological polar surface area (TPSA) is 66.8 Å². The van der Waals surface area contributed by atoms with Crippen LogP contribution < -0.4 is 9.64 Å². The molecule has 0 aromatic heterocycles. The highest BCUT2D eigenvalue weighted by molar-refractivity contribution is 5.98. The normalized spacial score (nSPS) is 14.4. The van der Waals surface area contributed by atoms with Crippen LogP contribution >= 0.6 is 0 Å². The molecule has 1 heterocycles. The van der Waals surface area contributed by atoms with Gasteiger partial charge in [0, 0.05) is 6.54 Å². The predicted octanol–water partition coefficient (Wildman–Crippen LogP) is 2.08. The summed E-state index contributed by atoms with van der Waals surface area (Å²) in [4.78, 5) is 24.6. The van der Waals surface area contributed by atoms with Gasteiger partial charge in [-0.25, -0.2) is 4.79 Å². The minimum Gasteiger partial charge on any atom is -0.491 e. The third kappa shape index (κ3) is 2.76. The van der Waals surface area contributed by atoms with Gasteiger partial charge < -0.3 is 14.7 Å². The van der Waals surface area contributed by atoms with Crippen LogP contribution in [-0.2, 0) is 4.79 Å². The average molecular weight is 261 g/mol. The molecular formula is C14H15NO4. The highest BCUT2D eigenvalue weighted by atomic mass is 16.5. The molecule has 5 heteroatoms. The number of benzene rings is 1. The molecule has 0 spiro atoms. The lowest BCUT2D eigenvalue weighted by Crippen LogP contribution is -2.31. The van der Waals surface area contributed by atoms with E-state index in [2.05, 4.69) is 6.58 Å². The summed E-state index contributed by atoms with van der Waals surface area (Å²) < 4.78 is 5.48. The lowest BCUT2D eigenvalue weighted by Gasteiger charge is -2.22. The molecule has 0 unspecified atom stereocenters. The Morgan fingerprint density at radius 3 is 2.89 bits per heavy atom. The van der Waals surface area contributed by atoms with Gasteiger partial charge in [0.05, 0.1) is 24.3 Å². The van der Waals surface area contributed by atoms with Crippen molar-refractivity contribution in [3.05, 3.63) is 35.9 Å². The molecule has 0 radical (unpaired) electrons. The number of amides is 1. The van der Waals surface area contributed by atoms with Crippen LogP contribution in [-0.4, -0.2) is 30.1 Å². The second kappa shape index (κ2) is 5.14. The minimum absolute atomic E-state index is 0.0933. The second-order valence-corrected chi connectivity index (χ2v) is 4.52. The van der Waals surface area contributed by atoms with Crippen LogP contribution in [0, 0.1) is 0 Å². The molecule has 1 N–H and O–H groups in total. The van der Waals surface area contributed by atoms with Gasteiger partial charge in [0.2, 0.25) is 5.91 Å². The van der Waals surface area contributed by atoms with E-state index in [1.165, 1.54) is 17.0 Å². The van der Waals surface area contributed by atoms with E-state index in [9.17, 15) is 9.59 Å². The number of hydrogen-bond donors (Lipinski definition) is 1. The number of fused-ring (bicyclic) bond motifs is 1. The summed E-state index contributed by atoms with van der Waals surface area (Å²) in [7, 11) is 0. The zero-order valence-electron chi connectivity index (χ0n) is 10.7. The largest absolute Gasteiger partial charge is 0.491 e. The fourth-order valence-corrected chi connectivity index (χ4v) is 1.94. The van der Waals surface area contributed by atoms with Crippen LogP contribution in [0.5, 0.6) is 5.75 Å². The molecule has 2 rings (SSSR count). The second-order valence-electron chi connectivity index (χ2n) is 4.52. The van der Waals surface area contributed by atoms with Crippen molar-refractivity contribution in [1.29, 1.82) is 0 Å². The first kappa shape index (κ1) is 13.1. The number of hydrogen-bond acceptors (Lipinski definition) is 3. The van der Waals surface area contributed by atoms with Crippen molar-refractivity contribution in [2.75, 3.05) is 18.1 Å². The molecule has 1 aromatic rings. The molecule has 5 nitrogen and oxygen atoms in total. The van der Waals surface area contributed by atoms with Crippen molar-refractivity contribution < 1.29 is 19.4 Å². The summed E-state index contributed by atoms with van der Waals surface area (Å²) in [6, 6.07) is 4.52. The fraction of sp³-hybridized carbons (Fsp3) is 0.286. The Kier molecular flexibility index (Phi) is 3.55. The van der Waals surface area contributed by atoms with E-state index < -0.39 is 5.97 Å². The molecule has 1 amide bonds. The molecule has 1 aliphatic heterocycles. The number of carboxylic acid groups (broad SMARTS) is 1. The summed E-state index contributed by atoms with van der Waals surface area (Å²) in [5.41, 5.74) is 1.44. The standard InChI is InChI=1S/C14H15NO4/c1-9(2)8-15-11-7-10(14(17)18)3-4-12(11)19-6-5-13(15)16/h3-4,7H,1,5-6,8H2,2H3,(H,17,18). The van der Waals surface area contributed by atoms with E-state index in [1.54, 1.807) is 6.07 Å². The van der Waals surface area contributed by atoms with Crippen LogP contribution in [0.4, 0.5) is 5.69 Å². The van der Waals surface area contributed by atoms with Crippen molar-refractivity contribution in [2.45, 2.75) is 13.3 Å². The lowest BCUT2D eigenvalue weighted by molar-refractivity contribution is -0.118. The van der Waals surface area contributed by atoms with Crippen molar-refractivity contribution in [3.8, 4) is 5.75 Å². The maximum absolute atomic E-state index is 12.1. The van der Waals surface area contributed by atoms with E-state index in [1.807, 2.05) is 6.92 Å². The number of carbonyl (C=O) groups is 2. The van der Waals surface area contributed by atoms with Gasteiger partial charge in [-0.2, -0.15) is 0 Å². The maximum Gasteiger partial charge on any atom is 0.335 e. The summed E-state index contributed by atoms with van der Waals surface area (Å²) >= 11 is 0. The van der Waals surface area contributed by atoms with Gasteiger partial charge in [-0.1, -0.05) is 12.2 Å². The van der Waals surface area contributed by atoms with Gasteiger partial charge in [0.15, 0.2) is 0 Å². The Labute approximate surface area is 111 Å². The van der Waals surface area contributed by atoms with Crippen LogP contribution in [0.1, 0.15) is 23.7 Å². The molecule has 19 heavy (non-hydrogen) atoms. The van der Waals surface area contributed by atoms with Gasteiger partial charge in [-0.15, -0.1) is 0 Å². The smallest absolute Gasteiger partial charge is 0.335 e. The molecule has 0 saturated heterocycles. The molecule has 0 saturated carbocycles. The van der Waals surface area contributed by atoms with Gasteiger partial charge >= 0.3 is 5.97 Å². The number of anilines is 1. The summed E-state index contributed by atoms with van der Waals surface area (Å²) in [6.07, 6.45) is 0.268.